The molecule has 2 aliphatic heterocycles. The minimum absolute atomic E-state index is 0.368. The van der Waals surface area contributed by atoms with Gasteiger partial charge in [0, 0.05) is 13.6 Å². The number of hydrogen-bond donors (Lipinski definition) is 3. The molecule has 0 bridgehead atoms. The number of amides is 3. The number of fused-ring (bicyclic) bond motifs is 1. The lowest BCUT2D eigenvalue weighted by Gasteiger charge is -2.36. The molecule has 2 unspecified atom stereocenters. The number of imide groups is 1. The van der Waals surface area contributed by atoms with Crippen LogP contribution < -0.4 is 16.6 Å². The molecule has 110 valence electrons. The maximum absolute atomic E-state index is 12.2. The fourth-order valence-corrected chi connectivity index (χ4v) is 2.60. The quantitative estimate of drug-likeness (QED) is 0.488. The van der Waals surface area contributed by atoms with Crippen molar-refractivity contribution in [2.24, 2.45) is 10.8 Å². The topological polar surface area (TPSA) is 103 Å². The molecule has 21 heavy (non-hydrogen) atoms. The standard InChI is InChI=1S/C13H16N6O2/c1-18-10-9(11(20)16-13(18)21)19(12(15-10)17-14)7-8-5-3-2-4-6-8/h2-6,9-10H,7,14H2,1H3,(H,15,17)(H,16,20,21). The van der Waals surface area contributed by atoms with E-state index in [2.05, 4.69) is 15.7 Å². The molecule has 8 nitrogen and oxygen atoms in total. The molecule has 0 saturated carbocycles. The molecule has 0 radical (unpaired) electrons. The summed E-state index contributed by atoms with van der Waals surface area (Å²) in [6.45, 7) is 0.473. The van der Waals surface area contributed by atoms with E-state index in [9.17, 15) is 9.59 Å². The highest BCUT2D eigenvalue weighted by molar-refractivity contribution is 6.03. The van der Waals surface area contributed by atoms with Crippen LogP contribution in [-0.2, 0) is 11.3 Å². The molecule has 1 saturated heterocycles. The summed E-state index contributed by atoms with van der Waals surface area (Å²) in [5.74, 6) is 5.53. The Morgan fingerprint density at radius 1 is 1.33 bits per heavy atom. The molecule has 1 aromatic carbocycles. The summed E-state index contributed by atoms with van der Waals surface area (Å²) >= 11 is 0. The SMILES string of the molecule is CN1C(=O)NC(=O)C2C1N=C(NN)N2Cc1ccccc1. The molecule has 1 fully saturated rings. The largest absolute Gasteiger partial charge is 0.325 e. The van der Waals surface area contributed by atoms with Crippen LogP contribution in [0.15, 0.2) is 35.3 Å². The van der Waals surface area contributed by atoms with Gasteiger partial charge in [-0.2, -0.15) is 0 Å². The Hall–Kier alpha value is -2.61. The number of hydrogen-bond acceptors (Lipinski definition) is 6. The number of likely N-dealkylation sites (N-methyl/N-ethyl adjacent to an activating group) is 1. The zero-order valence-corrected chi connectivity index (χ0v) is 11.5. The van der Waals surface area contributed by atoms with Crippen LogP contribution in [0.2, 0.25) is 0 Å². The summed E-state index contributed by atoms with van der Waals surface area (Å²) < 4.78 is 0. The van der Waals surface area contributed by atoms with Gasteiger partial charge in [0.1, 0.15) is 0 Å². The number of carbonyl (C=O) groups excluding carboxylic acids is 2. The van der Waals surface area contributed by atoms with E-state index in [1.165, 1.54) is 4.90 Å². The van der Waals surface area contributed by atoms with Crippen molar-refractivity contribution < 1.29 is 9.59 Å². The molecule has 8 heteroatoms. The van der Waals surface area contributed by atoms with Crippen LogP contribution in [0.1, 0.15) is 5.56 Å². The van der Waals surface area contributed by atoms with Crippen molar-refractivity contribution in [3.63, 3.8) is 0 Å². The highest BCUT2D eigenvalue weighted by Crippen LogP contribution is 2.24. The Kier molecular flexibility index (Phi) is 3.22. The maximum Gasteiger partial charge on any atom is 0.325 e. The first-order chi connectivity index (χ1) is 10.1. The molecule has 1 aromatic rings. The smallest absolute Gasteiger partial charge is 0.322 e. The van der Waals surface area contributed by atoms with Gasteiger partial charge in [0.25, 0.3) is 5.91 Å². The molecule has 3 rings (SSSR count). The summed E-state index contributed by atoms with van der Waals surface area (Å²) in [4.78, 5) is 31.3. The average molecular weight is 288 g/mol. The number of urea groups is 1. The van der Waals surface area contributed by atoms with Gasteiger partial charge in [-0.3, -0.25) is 15.5 Å². The van der Waals surface area contributed by atoms with Crippen LogP contribution in [0.5, 0.6) is 0 Å². The third-order valence-corrected chi connectivity index (χ3v) is 3.69. The van der Waals surface area contributed by atoms with Crippen LogP contribution in [0.4, 0.5) is 4.79 Å². The zero-order valence-electron chi connectivity index (χ0n) is 11.5. The lowest BCUT2D eigenvalue weighted by atomic mass is 10.1. The Bertz CT molecular complexity index is 602. The van der Waals surface area contributed by atoms with Gasteiger partial charge in [-0.15, -0.1) is 0 Å². The van der Waals surface area contributed by atoms with Crippen LogP contribution >= 0.6 is 0 Å². The molecule has 2 aliphatic rings. The Morgan fingerprint density at radius 2 is 2.05 bits per heavy atom. The number of benzene rings is 1. The maximum atomic E-state index is 12.2. The second-order valence-electron chi connectivity index (χ2n) is 4.97. The molecular weight excluding hydrogens is 272 g/mol. The van der Waals surface area contributed by atoms with Gasteiger partial charge < -0.3 is 9.80 Å². The Balaban J connectivity index is 1.91. The second kappa shape index (κ2) is 5.06. The molecule has 2 atom stereocenters. The van der Waals surface area contributed by atoms with E-state index in [1.54, 1.807) is 11.9 Å². The van der Waals surface area contributed by atoms with E-state index in [0.717, 1.165) is 5.56 Å². The Labute approximate surface area is 121 Å². The van der Waals surface area contributed by atoms with Crippen molar-refractivity contribution in [2.75, 3.05) is 7.05 Å². The lowest BCUT2D eigenvalue weighted by molar-refractivity contribution is -0.127. The third-order valence-electron chi connectivity index (χ3n) is 3.69. The highest BCUT2D eigenvalue weighted by Gasteiger charge is 2.48. The number of guanidine groups is 1. The number of aliphatic imine (C=N–C) groups is 1. The lowest BCUT2D eigenvalue weighted by Crippen LogP contribution is -2.64. The van der Waals surface area contributed by atoms with Crippen molar-refractivity contribution >= 4 is 17.9 Å². The third kappa shape index (κ3) is 2.19. The van der Waals surface area contributed by atoms with Crippen molar-refractivity contribution in [3.05, 3.63) is 35.9 Å². The summed E-state index contributed by atoms with van der Waals surface area (Å²) in [7, 11) is 1.60. The summed E-state index contributed by atoms with van der Waals surface area (Å²) in [5, 5.41) is 2.33. The summed E-state index contributed by atoms with van der Waals surface area (Å²) in [6, 6.07) is 8.64. The fraction of sp³-hybridized carbons (Fsp3) is 0.308. The average Bonchev–Trinajstić information content (AvgIpc) is 2.85. The molecule has 4 N–H and O–H groups in total. The monoisotopic (exact) mass is 288 g/mol. The van der Waals surface area contributed by atoms with Crippen LogP contribution in [0.3, 0.4) is 0 Å². The van der Waals surface area contributed by atoms with Crippen LogP contribution in [0, 0.1) is 0 Å². The van der Waals surface area contributed by atoms with E-state index in [4.69, 9.17) is 5.84 Å². The normalized spacial score (nSPS) is 24.6. The van der Waals surface area contributed by atoms with E-state index in [-0.39, 0.29) is 5.91 Å². The minimum Gasteiger partial charge on any atom is -0.322 e. The van der Waals surface area contributed by atoms with Gasteiger partial charge in [0.2, 0.25) is 5.96 Å². The van der Waals surface area contributed by atoms with Gasteiger partial charge in [-0.1, -0.05) is 30.3 Å². The fourth-order valence-electron chi connectivity index (χ4n) is 2.60. The first kappa shape index (κ1) is 13.4. The predicted octanol–water partition coefficient (Wildman–Crippen LogP) is -0.802. The molecule has 0 aromatic heterocycles. The van der Waals surface area contributed by atoms with Crippen LogP contribution in [-0.4, -0.2) is 47.0 Å². The van der Waals surface area contributed by atoms with E-state index in [0.29, 0.717) is 12.5 Å². The van der Waals surface area contributed by atoms with E-state index >= 15 is 0 Å². The first-order valence-corrected chi connectivity index (χ1v) is 6.54. The number of carbonyl (C=O) groups is 2. The van der Waals surface area contributed by atoms with Crippen molar-refractivity contribution in [2.45, 2.75) is 18.8 Å². The summed E-state index contributed by atoms with van der Waals surface area (Å²) in [6.07, 6.45) is -0.569. The summed E-state index contributed by atoms with van der Waals surface area (Å²) in [5.41, 5.74) is 3.53. The number of hydrazine groups is 1. The van der Waals surface area contributed by atoms with Gasteiger partial charge in [-0.25, -0.2) is 15.6 Å². The van der Waals surface area contributed by atoms with E-state index in [1.807, 2.05) is 30.3 Å². The van der Waals surface area contributed by atoms with Gasteiger partial charge in [0.05, 0.1) is 0 Å². The molecule has 2 heterocycles. The second-order valence-corrected chi connectivity index (χ2v) is 4.97. The van der Waals surface area contributed by atoms with Crippen molar-refractivity contribution in [1.29, 1.82) is 0 Å². The minimum atomic E-state index is -0.584. The number of nitrogens with zero attached hydrogens (tertiary/aromatic N) is 3. The number of nitrogens with one attached hydrogen (secondary N) is 2. The predicted molar refractivity (Wildman–Crippen MR) is 75.6 cm³/mol. The van der Waals surface area contributed by atoms with Gasteiger partial charge in [0.15, 0.2) is 12.2 Å². The molecular formula is C13H16N6O2. The van der Waals surface area contributed by atoms with Crippen molar-refractivity contribution in [3.8, 4) is 0 Å². The van der Waals surface area contributed by atoms with Gasteiger partial charge in [-0.05, 0) is 5.56 Å². The van der Waals surface area contributed by atoms with Crippen molar-refractivity contribution in [1.82, 2.24) is 20.5 Å². The number of rotatable bonds is 2. The van der Waals surface area contributed by atoms with Gasteiger partial charge >= 0.3 is 6.03 Å². The highest BCUT2D eigenvalue weighted by atomic mass is 16.2. The first-order valence-electron chi connectivity index (χ1n) is 6.54. The van der Waals surface area contributed by atoms with E-state index < -0.39 is 18.2 Å². The zero-order chi connectivity index (χ0) is 15.0. The molecule has 0 aliphatic carbocycles. The Morgan fingerprint density at radius 3 is 2.71 bits per heavy atom. The molecule has 0 spiro atoms. The molecule has 3 amide bonds. The van der Waals surface area contributed by atoms with Crippen LogP contribution in [0.25, 0.3) is 0 Å². The number of nitrogens with two attached hydrogens (primary N) is 1.